The monoisotopic (exact) mass is 201 g/mol. The lowest BCUT2D eigenvalue weighted by Gasteiger charge is -2.00. The molecule has 0 fully saturated rings. The van der Waals surface area contributed by atoms with Gasteiger partial charge in [-0.3, -0.25) is 0 Å². The van der Waals surface area contributed by atoms with Gasteiger partial charge in [-0.25, -0.2) is 4.39 Å². The maximum atomic E-state index is 13.0. The minimum atomic E-state index is -0.400. The molecule has 0 spiro atoms. The van der Waals surface area contributed by atoms with Crippen molar-refractivity contribution in [1.82, 2.24) is 0 Å². The molecule has 0 aromatic heterocycles. The number of nitriles is 1. The lowest BCUT2D eigenvalue weighted by atomic mass is 10.2. The van der Waals surface area contributed by atoms with Gasteiger partial charge in [0.2, 0.25) is 0 Å². The minimum Gasteiger partial charge on any atom is -0.206 e. The van der Waals surface area contributed by atoms with Crippen molar-refractivity contribution in [3.05, 3.63) is 28.5 Å². The van der Waals surface area contributed by atoms with Crippen LogP contribution in [0.2, 0.25) is 5.02 Å². The first-order valence-electron chi connectivity index (χ1n) is 3.12. The van der Waals surface area contributed by atoms with E-state index in [1.807, 2.05) is 0 Å². The van der Waals surface area contributed by atoms with E-state index in [0.717, 1.165) is 6.07 Å². The van der Waals surface area contributed by atoms with E-state index < -0.39 is 5.82 Å². The van der Waals surface area contributed by atoms with Crippen LogP contribution in [0.15, 0.2) is 17.0 Å². The van der Waals surface area contributed by atoms with E-state index in [9.17, 15) is 4.39 Å². The molecule has 0 bridgehead atoms. The highest BCUT2D eigenvalue weighted by molar-refractivity contribution is 7.98. The molecule has 0 aliphatic rings. The molecule has 12 heavy (non-hydrogen) atoms. The van der Waals surface area contributed by atoms with Gasteiger partial charge in [0.25, 0.3) is 0 Å². The first-order chi connectivity index (χ1) is 5.69. The molecular weight excluding hydrogens is 197 g/mol. The lowest BCUT2D eigenvalue weighted by Crippen LogP contribution is -1.84. The molecule has 4 heteroatoms. The van der Waals surface area contributed by atoms with Gasteiger partial charge in [0.15, 0.2) is 0 Å². The summed E-state index contributed by atoms with van der Waals surface area (Å²) in [5.41, 5.74) is 0.173. The Morgan fingerprint density at radius 2 is 2.25 bits per heavy atom. The number of hydrogen-bond donors (Lipinski definition) is 0. The summed E-state index contributed by atoms with van der Waals surface area (Å²) in [7, 11) is 0. The average Bonchev–Trinajstić information content (AvgIpc) is 2.08. The predicted octanol–water partition coefficient (Wildman–Crippen LogP) is 3.07. The van der Waals surface area contributed by atoms with Gasteiger partial charge in [0.05, 0.1) is 10.6 Å². The maximum absolute atomic E-state index is 13.0. The fourth-order valence-electron chi connectivity index (χ4n) is 0.771. The van der Waals surface area contributed by atoms with E-state index in [1.54, 1.807) is 12.3 Å². The van der Waals surface area contributed by atoms with E-state index >= 15 is 0 Å². The summed E-state index contributed by atoms with van der Waals surface area (Å²) in [5.74, 6) is -0.400. The third-order valence-electron chi connectivity index (χ3n) is 1.36. The first kappa shape index (κ1) is 9.37. The van der Waals surface area contributed by atoms with E-state index in [0.29, 0.717) is 9.92 Å². The van der Waals surface area contributed by atoms with Crippen molar-refractivity contribution < 1.29 is 4.39 Å². The largest absolute Gasteiger partial charge is 0.206 e. The molecule has 0 heterocycles. The average molecular weight is 202 g/mol. The lowest BCUT2D eigenvalue weighted by molar-refractivity contribution is 0.601. The van der Waals surface area contributed by atoms with Crippen LogP contribution in [-0.2, 0) is 0 Å². The zero-order chi connectivity index (χ0) is 9.14. The molecule has 1 aromatic rings. The molecule has 1 nitrogen and oxygen atoms in total. The number of benzene rings is 1. The molecule has 0 aliphatic carbocycles. The fraction of sp³-hybridized carbons (Fsp3) is 0.125. The molecular formula is C8H5ClFNS. The van der Waals surface area contributed by atoms with Crippen molar-refractivity contribution >= 4 is 23.4 Å². The van der Waals surface area contributed by atoms with Crippen LogP contribution in [0.5, 0.6) is 0 Å². The Balaban J connectivity index is 3.28. The third kappa shape index (κ3) is 1.71. The van der Waals surface area contributed by atoms with Crippen LogP contribution >= 0.6 is 23.4 Å². The topological polar surface area (TPSA) is 23.8 Å². The summed E-state index contributed by atoms with van der Waals surface area (Å²) < 4.78 is 13.0. The standard InChI is InChI=1S/C8H5ClFNS/c1-12-8-3-6(9)5(4-11)2-7(8)10/h2-3H,1H3. The molecule has 0 aliphatic heterocycles. The molecule has 62 valence electrons. The van der Waals surface area contributed by atoms with Crippen molar-refractivity contribution in [2.75, 3.05) is 6.26 Å². The SMILES string of the molecule is CSc1cc(Cl)c(C#N)cc1F. The number of thioether (sulfide) groups is 1. The minimum absolute atomic E-state index is 0.173. The van der Waals surface area contributed by atoms with Gasteiger partial charge in [-0.15, -0.1) is 11.8 Å². The second-order valence-electron chi connectivity index (χ2n) is 2.08. The van der Waals surface area contributed by atoms with Crippen LogP contribution in [0.3, 0.4) is 0 Å². The van der Waals surface area contributed by atoms with Crippen LogP contribution in [0.1, 0.15) is 5.56 Å². The van der Waals surface area contributed by atoms with Crippen molar-refractivity contribution in [3.63, 3.8) is 0 Å². The Labute approximate surface area is 79.1 Å². The Morgan fingerprint density at radius 3 is 2.75 bits per heavy atom. The van der Waals surface area contributed by atoms with Crippen LogP contribution in [-0.4, -0.2) is 6.26 Å². The molecule has 0 radical (unpaired) electrons. The summed E-state index contributed by atoms with van der Waals surface area (Å²) >= 11 is 6.94. The van der Waals surface area contributed by atoms with Crippen molar-refractivity contribution in [2.24, 2.45) is 0 Å². The Bertz CT molecular complexity index is 345. The molecule has 0 atom stereocenters. The highest BCUT2D eigenvalue weighted by Crippen LogP contribution is 2.25. The summed E-state index contributed by atoms with van der Waals surface area (Å²) in [6.07, 6.45) is 1.75. The molecule has 0 N–H and O–H groups in total. The zero-order valence-electron chi connectivity index (χ0n) is 6.27. The van der Waals surface area contributed by atoms with Crippen LogP contribution in [0.25, 0.3) is 0 Å². The molecule has 1 rings (SSSR count). The van der Waals surface area contributed by atoms with Gasteiger partial charge < -0.3 is 0 Å². The second-order valence-corrected chi connectivity index (χ2v) is 3.33. The number of rotatable bonds is 1. The summed E-state index contributed by atoms with van der Waals surface area (Å²) in [6, 6.07) is 4.41. The number of nitrogens with zero attached hydrogens (tertiary/aromatic N) is 1. The van der Waals surface area contributed by atoms with Gasteiger partial charge in [-0.2, -0.15) is 5.26 Å². The van der Waals surface area contributed by atoms with Gasteiger partial charge in [0, 0.05) is 4.90 Å². The Hall–Kier alpha value is -0.720. The van der Waals surface area contributed by atoms with Gasteiger partial charge in [0.1, 0.15) is 11.9 Å². The van der Waals surface area contributed by atoms with Crippen LogP contribution in [0, 0.1) is 17.1 Å². The van der Waals surface area contributed by atoms with Crippen molar-refractivity contribution in [3.8, 4) is 6.07 Å². The van der Waals surface area contributed by atoms with E-state index in [-0.39, 0.29) is 5.56 Å². The molecule has 0 saturated heterocycles. The fourth-order valence-corrected chi connectivity index (χ4v) is 1.53. The van der Waals surface area contributed by atoms with E-state index in [1.165, 1.54) is 17.8 Å². The molecule has 0 amide bonds. The Kier molecular flexibility index (Phi) is 2.96. The van der Waals surface area contributed by atoms with Crippen molar-refractivity contribution in [1.29, 1.82) is 5.26 Å². The van der Waals surface area contributed by atoms with Crippen LogP contribution < -0.4 is 0 Å². The van der Waals surface area contributed by atoms with Crippen LogP contribution in [0.4, 0.5) is 4.39 Å². The van der Waals surface area contributed by atoms with E-state index in [4.69, 9.17) is 16.9 Å². The molecule has 1 aromatic carbocycles. The summed E-state index contributed by atoms with van der Waals surface area (Å²) in [4.78, 5) is 0.457. The molecule has 0 unspecified atom stereocenters. The quantitative estimate of drug-likeness (QED) is 0.652. The summed E-state index contributed by atoms with van der Waals surface area (Å²) in [6.45, 7) is 0. The number of hydrogen-bond acceptors (Lipinski definition) is 2. The maximum Gasteiger partial charge on any atom is 0.138 e. The second kappa shape index (κ2) is 3.79. The molecule has 0 saturated carbocycles. The summed E-state index contributed by atoms with van der Waals surface area (Å²) in [5, 5.41) is 8.79. The third-order valence-corrected chi connectivity index (χ3v) is 2.43. The predicted molar refractivity (Wildman–Crippen MR) is 47.9 cm³/mol. The van der Waals surface area contributed by atoms with Gasteiger partial charge in [-0.05, 0) is 18.4 Å². The van der Waals surface area contributed by atoms with E-state index in [2.05, 4.69) is 0 Å². The highest BCUT2D eigenvalue weighted by Gasteiger charge is 2.06. The van der Waals surface area contributed by atoms with Gasteiger partial charge in [-0.1, -0.05) is 11.6 Å². The van der Waals surface area contributed by atoms with Gasteiger partial charge >= 0.3 is 0 Å². The first-order valence-corrected chi connectivity index (χ1v) is 4.72. The Morgan fingerprint density at radius 1 is 1.58 bits per heavy atom. The highest BCUT2D eigenvalue weighted by atomic mass is 35.5. The number of halogens is 2. The normalized spacial score (nSPS) is 9.50. The zero-order valence-corrected chi connectivity index (χ0v) is 7.84. The van der Waals surface area contributed by atoms with Crippen molar-refractivity contribution in [2.45, 2.75) is 4.90 Å². The smallest absolute Gasteiger partial charge is 0.138 e.